The van der Waals surface area contributed by atoms with Crippen LogP contribution in [0.1, 0.15) is 77.8 Å². The van der Waals surface area contributed by atoms with Gasteiger partial charge in [-0.3, -0.25) is 19.3 Å². The number of piperidine rings is 1. The molecule has 7 nitrogen and oxygen atoms in total. The van der Waals surface area contributed by atoms with Crippen molar-refractivity contribution in [3.8, 4) is 5.75 Å². The quantitative estimate of drug-likeness (QED) is 0.256. The fourth-order valence-electron chi connectivity index (χ4n) is 7.02. The third-order valence-electron chi connectivity index (χ3n) is 9.29. The van der Waals surface area contributed by atoms with Gasteiger partial charge in [0.1, 0.15) is 24.6 Å². The van der Waals surface area contributed by atoms with Crippen molar-refractivity contribution in [3.05, 3.63) is 129 Å². The Morgan fingerprint density at radius 3 is 2.64 bits per heavy atom. The molecule has 1 aromatic heterocycles. The highest BCUT2D eigenvalue weighted by molar-refractivity contribution is 7.98. The van der Waals surface area contributed by atoms with Crippen molar-refractivity contribution in [3.63, 3.8) is 0 Å². The minimum Gasteiger partial charge on any atom is -0.482 e. The number of ether oxygens (including phenoxy) is 1. The summed E-state index contributed by atoms with van der Waals surface area (Å²) in [6, 6.07) is 23.4. The van der Waals surface area contributed by atoms with E-state index in [-0.39, 0.29) is 29.8 Å². The lowest BCUT2D eigenvalue weighted by molar-refractivity contribution is -0.0561. The summed E-state index contributed by atoms with van der Waals surface area (Å²) in [4.78, 5) is 30.6. The number of carbonyl (C=O) groups is 1. The molecule has 1 saturated heterocycles. The molecule has 1 fully saturated rings. The number of thioether (sulfide) groups is 1. The molecule has 3 atom stereocenters. The first kappa shape index (κ1) is 29.6. The van der Waals surface area contributed by atoms with Crippen LogP contribution in [0.15, 0.2) is 94.7 Å². The third-order valence-corrected chi connectivity index (χ3v) is 10.4. The maximum Gasteiger partial charge on any atom is 0.278 e. The lowest BCUT2D eigenvalue weighted by atomic mass is 9.83. The van der Waals surface area contributed by atoms with Crippen LogP contribution in [0.25, 0.3) is 0 Å². The predicted octanol–water partition coefficient (Wildman–Crippen LogP) is 6.40. The highest BCUT2D eigenvalue weighted by Gasteiger charge is 2.50. The zero-order valence-corrected chi connectivity index (χ0v) is 26.0. The minimum absolute atomic E-state index is 0.0355. The monoisotopic (exact) mass is 625 g/mol. The van der Waals surface area contributed by atoms with Gasteiger partial charge in [-0.25, -0.2) is 4.39 Å². The van der Waals surface area contributed by atoms with Crippen molar-refractivity contribution in [2.75, 3.05) is 11.6 Å². The van der Waals surface area contributed by atoms with E-state index < -0.39 is 23.2 Å². The van der Waals surface area contributed by atoms with Gasteiger partial charge in [-0.15, -0.1) is 11.8 Å². The molecule has 0 radical (unpaired) electrons. The lowest BCUT2D eigenvalue weighted by Gasteiger charge is -2.55. The first-order valence-corrected chi connectivity index (χ1v) is 16.6. The molecule has 3 aliphatic heterocycles. The summed E-state index contributed by atoms with van der Waals surface area (Å²) in [5, 5.41) is 13.9. The van der Waals surface area contributed by atoms with Gasteiger partial charge in [-0.2, -0.15) is 0 Å². The molecule has 45 heavy (non-hydrogen) atoms. The molecule has 4 heterocycles. The lowest BCUT2D eigenvalue weighted by Crippen LogP contribution is -2.67. The van der Waals surface area contributed by atoms with Gasteiger partial charge in [-0.05, 0) is 41.7 Å². The number of nitrogens with zero attached hydrogens (tertiary/aromatic N) is 3. The Morgan fingerprint density at radius 1 is 1.02 bits per heavy atom. The summed E-state index contributed by atoms with van der Waals surface area (Å²) >= 11 is 1.65. The zero-order valence-electron chi connectivity index (χ0n) is 25.2. The highest BCUT2D eigenvalue weighted by atomic mass is 32.2. The normalized spacial score (nSPS) is 22.2. The van der Waals surface area contributed by atoms with Gasteiger partial charge in [0.2, 0.25) is 5.43 Å². The Balaban J connectivity index is 1.45. The average Bonchev–Trinajstić information content (AvgIpc) is 3.22. The van der Waals surface area contributed by atoms with E-state index in [0.29, 0.717) is 37.1 Å². The Kier molecular flexibility index (Phi) is 7.91. The first-order valence-electron chi connectivity index (χ1n) is 15.6. The Labute approximate surface area is 266 Å². The largest absolute Gasteiger partial charge is 0.482 e. The summed E-state index contributed by atoms with van der Waals surface area (Å²) in [6.45, 7) is 2.51. The van der Waals surface area contributed by atoms with E-state index in [9.17, 15) is 14.7 Å². The molecule has 3 aliphatic rings. The summed E-state index contributed by atoms with van der Waals surface area (Å²) in [5.41, 5.74) is 1.88. The minimum atomic E-state index is -0.990. The second kappa shape index (κ2) is 12.0. The van der Waals surface area contributed by atoms with Crippen molar-refractivity contribution in [2.45, 2.75) is 74.1 Å². The number of aliphatic hydroxyl groups is 1. The van der Waals surface area contributed by atoms with Crippen LogP contribution in [0.2, 0.25) is 0 Å². The SMILES string of the molecule is CCCC[C@]1(O)CCN2C(=O)c3c(OCc4ccccc4)c(=O)ccn3N(C3c4ccccc4SCc4cccc(F)c43)[C@@H]2C1. The second-order valence-electron chi connectivity index (χ2n) is 12.2. The Bertz CT molecular complexity index is 1800. The van der Waals surface area contributed by atoms with Crippen LogP contribution in [0.3, 0.4) is 0 Å². The molecule has 232 valence electrons. The molecule has 0 saturated carbocycles. The summed E-state index contributed by atoms with van der Waals surface area (Å²) in [7, 11) is 0. The van der Waals surface area contributed by atoms with Crippen LogP contribution >= 0.6 is 11.8 Å². The van der Waals surface area contributed by atoms with Crippen LogP contribution in [0, 0.1) is 5.82 Å². The van der Waals surface area contributed by atoms with Gasteiger partial charge in [0.15, 0.2) is 11.4 Å². The second-order valence-corrected chi connectivity index (χ2v) is 13.2. The van der Waals surface area contributed by atoms with Gasteiger partial charge in [0, 0.05) is 41.4 Å². The zero-order chi connectivity index (χ0) is 31.1. The number of unbranched alkanes of at least 4 members (excludes halogenated alkanes) is 1. The molecular weight excluding hydrogens is 589 g/mol. The van der Waals surface area contributed by atoms with E-state index in [1.165, 1.54) is 12.1 Å². The number of hydrogen-bond acceptors (Lipinski definition) is 6. The van der Waals surface area contributed by atoms with Crippen molar-refractivity contribution >= 4 is 17.7 Å². The predicted molar refractivity (Wildman–Crippen MR) is 172 cm³/mol. The first-order chi connectivity index (χ1) is 21.9. The third kappa shape index (κ3) is 5.32. The van der Waals surface area contributed by atoms with Crippen molar-refractivity contribution in [1.82, 2.24) is 9.58 Å². The number of aromatic nitrogens is 1. The number of amides is 1. The van der Waals surface area contributed by atoms with Crippen LogP contribution in [-0.2, 0) is 12.4 Å². The van der Waals surface area contributed by atoms with E-state index in [4.69, 9.17) is 4.74 Å². The van der Waals surface area contributed by atoms with Gasteiger partial charge < -0.3 is 14.7 Å². The van der Waals surface area contributed by atoms with E-state index in [2.05, 4.69) is 6.92 Å². The van der Waals surface area contributed by atoms with E-state index >= 15 is 4.39 Å². The maximum absolute atomic E-state index is 16.1. The van der Waals surface area contributed by atoms with Crippen LogP contribution in [0.5, 0.6) is 5.75 Å². The highest BCUT2D eigenvalue weighted by Crippen LogP contribution is 2.47. The topological polar surface area (TPSA) is 75.0 Å². The number of benzene rings is 3. The maximum atomic E-state index is 16.1. The summed E-state index contributed by atoms with van der Waals surface area (Å²) in [5.74, 6) is -0.116. The standard InChI is InChI=1S/C36H36FN3O4S/c1-2-3-17-36(43)18-20-38-30(21-36)40(32-26-13-7-8-15-29(26)45-23-25-12-9-14-27(37)31(25)32)39-19-16-28(41)34(33(39)35(38)42)44-22-24-10-5-4-6-11-24/h4-16,19,30,32,43H,2-3,17-18,20-23H2,1H3/t30-,32?,36+/m1/s1. The average molecular weight is 626 g/mol. The van der Waals surface area contributed by atoms with Crippen LogP contribution < -0.4 is 15.2 Å². The van der Waals surface area contributed by atoms with Crippen LogP contribution in [-0.4, -0.2) is 38.9 Å². The summed E-state index contributed by atoms with van der Waals surface area (Å²) < 4.78 is 24.0. The van der Waals surface area contributed by atoms with Gasteiger partial charge in [0.25, 0.3) is 5.91 Å². The molecule has 0 bridgehead atoms. The molecule has 4 aromatic rings. The van der Waals surface area contributed by atoms with Crippen molar-refractivity contribution in [1.29, 1.82) is 0 Å². The number of pyridine rings is 1. The number of hydrogen-bond donors (Lipinski definition) is 1. The fraction of sp³-hybridized carbons (Fsp3) is 0.333. The van der Waals surface area contributed by atoms with Crippen LogP contribution in [0.4, 0.5) is 4.39 Å². The van der Waals surface area contributed by atoms with E-state index in [0.717, 1.165) is 34.4 Å². The van der Waals surface area contributed by atoms with Gasteiger partial charge >= 0.3 is 0 Å². The van der Waals surface area contributed by atoms with E-state index in [1.807, 2.05) is 65.7 Å². The number of rotatable bonds is 7. The number of fused-ring (bicyclic) bond motifs is 4. The molecular formula is C36H36FN3O4S. The van der Waals surface area contributed by atoms with Crippen molar-refractivity contribution in [2.24, 2.45) is 0 Å². The smallest absolute Gasteiger partial charge is 0.278 e. The van der Waals surface area contributed by atoms with Gasteiger partial charge in [-0.1, -0.05) is 80.4 Å². The summed E-state index contributed by atoms with van der Waals surface area (Å²) in [6.07, 6.45) is 4.13. The molecule has 7 rings (SSSR count). The number of carbonyl (C=O) groups excluding carboxylic acids is 1. The molecule has 3 aromatic carbocycles. The van der Waals surface area contributed by atoms with Gasteiger partial charge in [0.05, 0.1) is 5.60 Å². The molecule has 0 spiro atoms. The van der Waals surface area contributed by atoms with E-state index in [1.54, 1.807) is 33.6 Å². The Hall–Kier alpha value is -4.08. The molecule has 1 unspecified atom stereocenters. The number of halogens is 1. The fourth-order valence-corrected chi connectivity index (χ4v) is 8.10. The molecule has 9 heteroatoms. The Morgan fingerprint density at radius 2 is 1.82 bits per heavy atom. The molecule has 0 aliphatic carbocycles. The van der Waals surface area contributed by atoms with Crippen molar-refractivity contribution < 1.29 is 19.0 Å². The molecule has 1 N–H and O–H groups in total. The molecule has 1 amide bonds.